The molecule has 4 aromatic rings. The minimum atomic E-state index is -0.233. The highest BCUT2D eigenvalue weighted by Crippen LogP contribution is 2.31. The van der Waals surface area contributed by atoms with Gasteiger partial charge >= 0.3 is 0 Å². The fourth-order valence-corrected chi connectivity index (χ4v) is 6.02. The van der Waals surface area contributed by atoms with Crippen molar-refractivity contribution in [2.45, 2.75) is 44.7 Å². The number of nitrogens with one attached hydrogen (secondary N) is 2. The molecule has 2 aromatic carbocycles. The highest BCUT2D eigenvalue weighted by atomic mass is 16.5. The van der Waals surface area contributed by atoms with E-state index in [0.717, 1.165) is 72.6 Å². The van der Waals surface area contributed by atoms with Gasteiger partial charge in [-0.1, -0.05) is 25.0 Å². The molecule has 0 unspecified atom stereocenters. The van der Waals surface area contributed by atoms with E-state index in [1.807, 2.05) is 29.8 Å². The largest absolute Gasteiger partial charge is 0.497 e. The van der Waals surface area contributed by atoms with Crippen LogP contribution in [0.4, 0.5) is 5.69 Å². The van der Waals surface area contributed by atoms with Crippen molar-refractivity contribution in [2.75, 3.05) is 38.2 Å². The Labute approximate surface area is 216 Å². The Kier molecular flexibility index (Phi) is 6.38. The smallest absolute Gasteiger partial charge is 0.258 e. The van der Waals surface area contributed by atoms with Crippen molar-refractivity contribution in [3.63, 3.8) is 0 Å². The molecule has 1 atom stereocenters. The van der Waals surface area contributed by atoms with Crippen LogP contribution in [0.15, 0.2) is 53.3 Å². The monoisotopic (exact) mass is 500 g/mol. The van der Waals surface area contributed by atoms with Gasteiger partial charge in [-0.05, 0) is 77.5 Å². The van der Waals surface area contributed by atoms with Gasteiger partial charge in [-0.15, -0.1) is 5.10 Å². The number of tetrazole rings is 1. The second-order valence-electron chi connectivity index (χ2n) is 10.3. The van der Waals surface area contributed by atoms with Crippen molar-refractivity contribution < 1.29 is 9.64 Å². The van der Waals surface area contributed by atoms with Crippen molar-refractivity contribution >= 4 is 16.6 Å². The number of ether oxygens (including phenoxy) is 1. The summed E-state index contributed by atoms with van der Waals surface area (Å²) < 4.78 is 7.33. The average molecular weight is 501 g/mol. The predicted octanol–water partition coefficient (Wildman–Crippen LogP) is 2.44. The highest BCUT2D eigenvalue weighted by molar-refractivity contribution is 5.79. The average Bonchev–Trinajstić information content (AvgIpc) is 3.62. The van der Waals surface area contributed by atoms with Crippen LogP contribution >= 0.6 is 0 Å². The topological polar surface area (TPSA) is 93.4 Å². The third-order valence-electron chi connectivity index (χ3n) is 8.04. The molecule has 37 heavy (non-hydrogen) atoms. The molecule has 0 spiro atoms. The molecule has 0 amide bonds. The molecule has 2 aromatic heterocycles. The number of aromatic amines is 1. The number of fused-ring (bicyclic) bond motifs is 1. The summed E-state index contributed by atoms with van der Waals surface area (Å²) in [4.78, 5) is 20.4. The van der Waals surface area contributed by atoms with Crippen LogP contribution in [0.5, 0.6) is 5.75 Å². The van der Waals surface area contributed by atoms with E-state index < -0.39 is 0 Å². The Bertz CT molecular complexity index is 1430. The summed E-state index contributed by atoms with van der Waals surface area (Å²) in [6.45, 7) is 5.55. The van der Waals surface area contributed by atoms with Crippen LogP contribution in [0.25, 0.3) is 10.9 Å². The number of aryl methyl sites for hydroxylation is 1. The summed E-state index contributed by atoms with van der Waals surface area (Å²) in [5, 5.41) is 14.1. The normalized spacial score (nSPS) is 17.9. The van der Waals surface area contributed by atoms with Crippen molar-refractivity contribution in [1.29, 1.82) is 0 Å². The van der Waals surface area contributed by atoms with E-state index in [-0.39, 0.29) is 11.6 Å². The van der Waals surface area contributed by atoms with Crippen LogP contribution in [0, 0.1) is 6.92 Å². The third-order valence-corrected chi connectivity index (χ3v) is 8.04. The molecule has 1 aliphatic heterocycles. The summed E-state index contributed by atoms with van der Waals surface area (Å²) in [7, 11) is 1.69. The number of pyridine rings is 1. The van der Waals surface area contributed by atoms with Gasteiger partial charge in [0, 0.05) is 11.2 Å². The van der Waals surface area contributed by atoms with Gasteiger partial charge in [0.05, 0.1) is 44.9 Å². The molecule has 192 valence electrons. The first kappa shape index (κ1) is 23.7. The molecule has 2 fully saturated rings. The zero-order valence-corrected chi connectivity index (χ0v) is 21.5. The Morgan fingerprint density at radius 2 is 1.81 bits per heavy atom. The lowest BCUT2D eigenvalue weighted by Gasteiger charge is -2.37. The molecule has 0 radical (unpaired) electrons. The Hall–Kier alpha value is -3.72. The first-order valence-corrected chi connectivity index (χ1v) is 13.3. The molecule has 9 heteroatoms. The Morgan fingerprint density at radius 3 is 2.54 bits per heavy atom. The summed E-state index contributed by atoms with van der Waals surface area (Å²) in [6.07, 6.45) is 4.55. The van der Waals surface area contributed by atoms with Gasteiger partial charge in [0.1, 0.15) is 5.75 Å². The van der Waals surface area contributed by atoms with Crippen LogP contribution in [0.3, 0.4) is 0 Å². The Balaban J connectivity index is 1.36. The molecule has 0 bridgehead atoms. The maximum Gasteiger partial charge on any atom is 0.258 e. The number of benzene rings is 2. The van der Waals surface area contributed by atoms with Crippen molar-refractivity contribution in [3.8, 4) is 5.75 Å². The van der Waals surface area contributed by atoms with E-state index in [1.165, 1.54) is 23.4 Å². The van der Waals surface area contributed by atoms with Crippen LogP contribution < -0.4 is 20.1 Å². The fourth-order valence-electron chi connectivity index (χ4n) is 6.02. The van der Waals surface area contributed by atoms with E-state index in [0.29, 0.717) is 6.04 Å². The van der Waals surface area contributed by atoms with Crippen LogP contribution in [0.2, 0.25) is 0 Å². The number of anilines is 1. The predicted molar refractivity (Wildman–Crippen MR) is 142 cm³/mol. The number of hydrogen-bond acceptors (Lipinski definition) is 6. The summed E-state index contributed by atoms with van der Waals surface area (Å²) in [5.74, 6) is 1.66. The summed E-state index contributed by atoms with van der Waals surface area (Å²) in [6, 6.07) is 16.5. The molecule has 6 rings (SSSR count). The molecule has 3 heterocycles. The minimum Gasteiger partial charge on any atom is -0.497 e. The second-order valence-corrected chi connectivity index (χ2v) is 10.3. The van der Waals surface area contributed by atoms with E-state index in [9.17, 15) is 4.79 Å². The van der Waals surface area contributed by atoms with Gasteiger partial charge in [-0.2, -0.15) is 0 Å². The van der Waals surface area contributed by atoms with Crippen molar-refractivity contribution in [1.82, 2.24) is 25.2 Å². The summed E-state index contributed by atoms with van der Waals surface area (Å²) >= 11 is 0. The van der Waals surface area contributed by atoms with Crippen LogP contribution in [-0.4, -0.2) is 58.5 Å². The lowest BCUT2D eigenvalue weighted by atomic mass is 10.0. The number of aromatic nitrogens is 5. The lowest BCUT2D eigenvalue weighted by molar-refractivity contribution is -0.927. The SMILES string of the molecule is COc1ccc(N2CC[NH+]([C@H](c3cc4ccc(C)cc4[nH]c3=O)c3nnnn3C3CCCC3)CC2)cc1. The Morgan fingerprint density at radius 1 is 1.05 bits per heavy atom. The number of hydrogen-bond donors (Lipinski definition) is 2. The molecule has 2 N–H and O–H groups in total. The number of rotatable bonds is 6. The van der Waals surface area contributed by atoms with E-state index in [2.05, 4.69) is 55.7 Å². The van der Waals surface area contributed by atoms with Crippen LogP contribution in [-0.2, 0) is 0 Å². The van der Waals surface area contributed by atoms with E-state index in [1.54, 1.807) is 7.11 Å². The molecule has 1 aliphatic carbocycles. The van der Waals surface area contributed by atoms with Gasteiger partial charge < -0.3 is 19.5 Å². The number of H-pyrrole nitrogens is 1. The number of nitrogens with zero attached hydrogens (tertiary/aromatic N) is 5. The summed E-state index contributed by atoms with van der Waals surface area (Å²) in [5.41, 5.74) is 3.85. The number of piperazine rings is 1. The number of quaternary nitrogens is 1. The van der Waals surface area contributed by atoms with Crippen LogP contribution in [0.1, 0.15) is 54.7 Å². The van der Waals surface area contributed by atoms with E-state index >= 15 is 0 Å². The maximum absolute atomic E-state index is 13.5. The second kappa shape index (κ2) is 9.97. The molecule has 1 saturated heterocycles. The first-order valence-electron chi connectivity index (χ1n) is 13.3. The van der Waals surface area contributed by atoms with Crippen molar-refractivity contribution in [2.24, 2.45) is 0 Å². The lowest BCUT2D eigenvalue weighted by Crippen LogP contribution is -3.15. The fraction of sp³-hybridized carbons (Fsp3) is 0.429. The zero-order valence-electron chi connectivity index (χ0n) is 21.5. The first-order chi connectivity index (χ1) is 18.1. The van der Waals surface area contributed by atoms with Gasteiger partial charge in [-0.25, -0.2) is 4.68 Å². The molecular formula is C28H34N7O2+. The van der Waals surface area contributed by atoms with Gasteiger partial charge in [0.15, 0.2) is 6.04 Å². The van der Waals surface area contributed by atoms with Gasteiger partial charge in [-0.3, -0.25) is 4.79 Å². The highest BCUT2D eigenvalue weighted by Gasteiger charge is 2.38. The third kappa shape index (κ3) is 4.59. The molecular weight excluding hydrogens is 466 g/mol. The van der Waals surface area contributed by atoms with Gasteiger partial charge in [0.25, 0.3) is 5.56 Å². The van der Waals surface area contributed by atoms with Crippen molar-refractivity contribution in [3.05, 3.63) is 75.8 Å². The molecule has 9 nitrogen and oxygen atoms in total. The number of methoxy groups -OCH3 is 1. The standard InChI is InChI=1S/C28H33N7O2/c1-19-7-8-20-18-24(28(36)29-25(20)17-19)26(27-30-31-32-35(27)22-5-3-4-6-22)34-15-13-33(14-16-34)21-9-11-23(37-2)12-10-21/h7-12,17-18,22,26H,3-6,13-16H2,1-2H3,(H,29,36)/p+1/t26-/m1/s1. The maximum atomic E-state index is 13.5. The molecule has 1 saturated carbocycles. The van der Waals surface area contributed by atoms with Gasteiger partial charge in [0.2, 0.25) is 5.82 Å². The van der Waals surface area contributed by atoms with E-state index in [4.69, 9.17) is 4.74 Å². The quantitative estimate of drug-likeness (QED) is 0.423. The molecule has 2 aliphatic rings. The zero-order chi connectivity index (χ0) is 25.4. The minimum absolute atomic E-state index is 0.0610.